The van der Waals surface area contributed by atoms with Gasteiger partial charge in [-0.15, -0.1) is 0 Å². The summed E-state index contributed by atoms with van der Waals surface area (Å²) in [6, 6.07) is 4.42. The number of piperidine rings is 1. The second-order valence-electron chi connectivity index (χ2n) is 6.62. The third kappa shape index (κ3) is 4.44. The van der Waals surface area contributed by atoms with Gasteiger partial charge in [-0.25, -0.2) is 26.5 Å². The van der Waals surface area contributed by atoms with Crippen LogP contribution in [0.2, 0.25) is 0 Å². The summed E-state index contributed by atoms with van der Waals surface area (Å²) < 4.78 is 51.1. The maximum absolute atomic E-state index is 12.7. The van der Waals surface area contributed by atoms with Gasteiger partial charge in [0.1, 0.15) is 0 Å². The highest BCUT2D eigenvalue weighted by Crippen LogP contribution is 2.21. The lowest BCUT2D eigenvalue weighted by molar-refractivity contribution is 0.0924. The molecule has 2 N–H and O–H groups in total. The van der Waals surface area contributed by atoms with E-state index in [-0.39, 0.29) is 17.7 Å². The van der Waals surface area contributed by atoms with Gasteiger partial charge >= 0.3 is 0 Å². The van der Waals surface area contributed by atoms with Gasteiger partial charge < -0.3 is 10.3 Å². The number of amides is 1. The summed E-state index contributed by atoms with van der Waals surface area (Å²) in [4.78, 5) is 18.7. The highest BCUT2D eigenvalue weighted by Gasteiger charge is 2.28. The summed E-state index contributed by atoms with van der Waals surface area (Å²) in [5.74, 6) is -0.613. The number of rotatable bonds is 6. The standard InChI is InChI=1S/C17H22F2N4O3S/c1-2-9-27(25,26)23-7-5-12(6-8-23)20-17(24)11-3-4-13-14(10-11)22-16(21-13)15(18)19/h3-4,10,12,15H,2,5-9H2,1H3,(H,20,24)(H,21,22). The number of carbonyl (C=O) groups excluding carboxylic acids is 1. The van der Waals surface area contributed by atoms with Crippen LogP contribution in [0.4, 0.5) is 8.78 Å². The highest BCUT2D eigenvalue weighted by molar-refractivity contribution is 7.89. The zero-order chi connectivity index (χ0) is 19.6. The minimum absolute atomic E-state index is 0.125. The van der Waals surface area contributed by atoms with Crippen LogP contribution in [-0.2, 0) is 10.0 Å². The lowest BCUT2D eigenvalue weighted by atomic mass is 10.1. The largest absolute Gasteiger partial charge is 0.349 e. The van der Waals surface area contributed by atoms with E-state index < -0.39 is 22.3 Å². The van der Waals surface area contributed by atoms with E-state index in [0.717, 1.165) is 0 Å². The Morgan fingerprint density at radius 1 is 1.37 bits per heavy atom. The Labute approximate surface area is 156 Å². The molecule has 1 amide bonds. The fraction of sp³-hybridized carbons (Fsp3) is 0.529. The molecule has 7 nitrogen and oxygen atoms in total. The number of nitrogens with zero attached hydrogens (tertiary/aromatic N) is 2. The number of benzene rings is 1. The molecule has 27 heavy (non-hydrogen) atoms. The summed E-state index contributed by atoms with van der Waals surface area (Å²) in [5, 5.41) is 2.89. The molecule has 2 heterocycles. The molecule has 0 saturated carbocycles. The monoisotopic (exact) mass is 400 g/mol. The molecule has 2 aromatic rings. The minimum Gasteiger partial charge on any atom is -0.349 e. The van der Waals surface area contributed by atoms with E-state index in [0.29, 0.717) is 48.9 Å². The Kier molecular flexibility index (Phi) is 5.75. The third-order valence-corrected chi connectivity index (χ3v) is 6.69. The van der Waals surface area contributed by atoms with Crippen LogP contribution in [0.25, 0.3) is 11.0 Å². The van der Waals surface area contributed by atoms with Crippen molar-refractivity contribution in [3.63, 3.8) is 0 Å². The van der Waals surface area contributed by atoms with Crippen molar-refractivity contribution < 1.29 is 22.0 Å². The number of fused-ring (bicyclic) bond motifs is 1. The number of H-pyrrole nitrogens is 1. The number of hydrogen-bond acceptors (Lipinski definition) is 4. The van der Waals surface area contributed by atoms with Gasteiger partial charge in [0.2, 0.25) is 10.0 Å². The molecule has 0 atom stereocenters. The van der Waals surface area contributed by atoms with Crippen LogP contribution in [0, 0.1) is 0 Å². The summed E-state index contributed by atoms with van der Waals surface area (Å²) in [6.07, 6.45) is -1.06. The quantitative estimate of drug-likeness (QED) is 0.779. The number of halogens is 2. The molecule has 0 aliphatic carbocycles. The van der Waals surface area contributed by atoms with Crippen molar-refractivity contribution in [2.75, 3.05) is 18.8 Å². The number of imidazole rings is 1. The van der Waals surface area contributed by atoms with Crippen molar-refractivity contribution in [3.8, 4) is 0 Å². The predicted molar refractivity (Wildman–Crippen MR) is 97.2 cm³/mol. The number of carbonyl (C=O) groups is 1. The van der Waals surface area contributed by atoms with E-state index >= 15 is 0 Å². The normalized spacial score (nSPS) is 16.9. The molecule has 0 unspecified atom stereocenters. The molecule has 1 aromatic carbocycles. The SMILES string of the molecule is CCCS(=O)(=O)N1CCC(NC(=O)c2ccc3nc(C(F)F)[nH]c3c2)CC1. The molecule has 0 spiro atoms. The molecule has 1 aliphatic rings. The van der Waals surface area contributed by atoms with Crippen LogP contribution in [-0.4, -0.2) is 53.5 Å². The molecule has 1 saturated heterocycles. The Balaban J connectivity index is 1.62. The minimum atomic E-state index is -3.22. The van der Waals surface area contributed by atoms with E-state index in [1.807, 2.05) is 6.92 Å². The van der Waals surface area contributed by atoms with Crippen LogP contribution < -0.4 is 5.32 Å². The first-order valence-electron chi connectivity index (χ1n) is 8.86. The van der Waals surface area contributed by atoms with Gasteiger partial charge in [0.25, 0.3) is 12.3 Å². The average Bonchev–Trinajstić information content (AvgIpc) is 3.05. The summed E-state index contributed by atoms with van der Waals surface area (Å²) >= 11 is 0. The van der Waals surface area contributed by atoms with Gasteiger partial charge in [0.05, 0.1) is 16.8 Å². The topological polar surface area (TPSA) is 95.2 Å². The molecular formula is C17H22F2N4O3S. The van der Waals surface area contributed by atoms with E-state index in [4.69, 9.17) is 0 Å². The lowest BCUT2D eigenvalue weighted by Gasteiger charge is -2.31. The fourth-order valence-electron chi connectivity index (χ4n) is 3.21. The van der Waals surface area contributed by atoms with Crippen LogP contribution in [0.3, 0.4) is 0 Å². The average molecular weight is 400 g/mol. The number of aromatic nitrogens is 2. The van der Waals surface area contributed by atoms with Crippen LogP contribution in [0.1, 0.15) is 48.8 Å². The van der Waals surface area contributed by atoms with Crippen LogP contribution in [0.5, 0.6) is 0 Å². The molecule has 10 heteroatoms. The van der Waals surface area contributed by atoms with Crippen molar-refractivity contribution in [3.05, 3.63) is 29.6 Å². The predicted octanol–water partition coefficient (Wildman–Crippen LogP) is 2.43. The molecule has 1 aliphatic heterocycles. The zero-order valence-electron chi connectivity index (χ0n) is 14.9. The highest BCUT2D eigenvalue weighted by atomic mass is 32.2. The first-order chi connectivity index (χ1) is 12.8. The zero-order valence-corrected chi connectivity index (χ0v) is 15.7. The third-order valence-electron chi connectivity index (χ3n) is 4.61. The first-order valence-corrected chi connectivity index (χ1v) is 10.5. The van der Waals surface area contributed by atoms with Crippen LogP contribution in [0.15, 0.2) is 18.2 Å². The van der Waals surface area contributed by atoms with E-state index in [1.54, 1.807) is 0 Å². The molecule has 0 bridgehead atoms. The summed E-state index contributed by atoms with van der Waals surface area (Å²) in [5.41, 5.74) is 1.09. The van der Waals surface area contributed by atoms with Crippen molar-refractivity contribution in [2.45, 2.75) is 38.7 Å². The molecule has 0 radical (unpaired) electrons. The first kappa shape index (κ1) is 19.7. The van der Waals surface area contributed by atoms with Crippen molar-refractivity contribution in [1.29, 1.82) is 0 Å². The molecule has 1 aromatic heterocycles. The second kappa shape index (κ2) is 7.89. The maximum atomic E-state index is 12.7. The maximum Gasteiger partial charge on any atom is 0.295 e. The smallest absolute Gasteiger partial charge is 0.295 e. The van der Waals surface area contributed by atoms with E-state index in [1.165, 1.54) is 22.5 Å². The van der Waals surface area contributed by atoms with Crippen molar-refractivity contribution in [2.24, 2.45) is 0 Å². The lowest BCUT2D eigenvalue weighted by Crippen LogP contribution is -2.47. The Morgan fingerprint density at radius 2 is 2.07 bits per heavy atom. The molecule has 1 fully saturated rings. The number of hydrogen-bond donors (Lipinski definition) is 2. The number of aromatic amines is 1. The van der Waals surface area contributed by atoms with Crippen molar-refractivity contribution in [1.82, 2.24) is 19.6 Å². The number of sulfonamides is 1. The Bertz CT molecular complexity index is 921. The van der Waals surface area contributed by atoms with Crippen LogP contribution >= 0.6 is 0 Å². The molecular weight excluding hydrogens is 378 g/mol. The van der Waals surface area contributed by atoms with Gasteiger partial charge in [-0.2, -0.15) is 0 Å². The Morgan fingerprint density at radius 3 is 2.70 bits per heavy atom. The summed E-state index contributed by atoms with van der Waals surface area (Å²) in [7, 11) is -3.22. The van der Waals surface area contributed by atoms with Crippen molar-refractivity contribution >= 4 is 27.0 Å². The summed E-state index contributed by atoms with van der Waals surface area (Å²) in [6.45, 7) is 2.58. The van der Waals surface area contributed by atoms with Gasteiger partial charge in [0.15, 0.2) is 5.82 Å². The number of alkyl halides is 2. The molecule has 3 rings (SSSR count). The van der Waals surface area contributed by atoms with E-state index in [9.17, 15) is 22.0 Å². The number of nitrogens with one attached hydrogen (secondary N) is 2. The Hall–Kier alpha value is -2.07. The van der Waals surface area contributed by atoms with Gasteiger partial charge in [0, 0.05) is 24.7 Å². The van der Waals surface area contributed by atoms with Gasteiger partial charge in [-0.1, -0.05) is 6.92 Å². The molecule has 148 valence electrons. The van der Waals surface area contributed by atoms with Gasteiger partial charge in [-0.3, -0.25) is 4.79 Å². The second-order valence-corrected chi connectivity index (χ2v) is 8.71. The van der Waals surface area contributed by atoms with Gasteiger partial charge in [-0.05, 0) is 37.5 Å². The fourth-order valence-corrected chi connectivity index (χ4v) is 4.75. The van der Waals surface area contributed by atoms with E-state index in [2.05, 4.69) is 15.3 Å².